The molecule has 0 aliphatic rings. The first kappa shape index (κ1) is 12.4. The summed E-state index contributed by atoms with van der Waals surface area (Å²) in [5, 5.41) is 3.42. The highest BCUT2D eigenvalue weighted by molar-refractivity contribution is 14.1. The SMILES string of the molecule is COc1c(Cl)ncnc1Nc1ccc(I)cc1. The fourth-order valence-electron chi connectivity index (χ4n) is 1.29. The van der Waals surface area contributed by atoms with Gasteiger partial charge in [-0.05, 0) is 46.9 Å². The molecule has 0 aliphatic carbocycles. The van der Waals surface area contributed by atoms with Crippen LogP contribution in [0.1, 0.15) is 0 Å². The number of hydrogen-bond donors (Lipinski definition) is 1. The number of anilines is 2. The van der Waals surface area contributed by atoms with E-state index in [1.54, 1.807) is 0 Å². The van der Waals surface area contributed by atoms with E-state index in [4.69, 9.17) is 16.3 Å². The van der Waals surface area contributed by atoms with Crippen molar-refractivity contribution < 1.29 is 4.74 Å². The molecule has 0 fully saturated rings. The lowest BCUT2D eigenvalue weighted by molar-refractivity contribution is 0.413. The number of benzene rings is 1. The Labute approximate surface area is 118 Å². The van der Waals surface area contributed by atoms with Gasteiger partial charge < -0.3 is 10.1 Å². The normalized spacial score (nSPS) is 10.1. The summed E-state index contributed by atoms with van der Waals surface area (Å²) in [6.45, 7) is 0. The molecule has 0 saturated heterocycles. The van der Waals surface area contributed by atoms with Gasteiger partial charge >= 0.3 is 0 Å². The van der Waals surface area contributed by atoms with Crippen molar-refractivity contribution in [2.24, 2.45) is 0 Å². The molecule has 0 atom stereocenters. The fourth-order valence-corrected chi connectivity index (χ4v) is 1.86. The lowest BCUT2D eigenvalue weighted by Gasteiger charge is -2.10. The Morgan fingerprint density at radius 2 is 1.94 bits per heavy atom. The van der Waals surface area contributed by atoms with Gasteiger partial charge in [0, 0.05) is 9.26 Å². The number of methoxy groups -OCH3 is 1. The highest BCUT2D eigenvalue weighted by Crippen LogP contribution is 2.30. The van der Waals surface area contributed by atoms with Gasteiger partial charge in [0.25, 0.3) is 0 Å². The van der Waals surface area contributed by atoms with Gasteiger partial charge in [0.15, 0.2) is 16.7 Å². The van der Waals surface area contributed by atoms with Crippen molar-refractivity contribution in [2.75, 3.05) is 12.4 Å². The Morgan fingerprint density at radius 3 is 2.59 bits per heavy atom. The Bertz CT molecular complexity index is 519. The average molecular weight is 362 g/mol. The maximum Gasteiger partial charge on any atom is 0.199 e. The van der Waals surface area contributed by atoms with Crippen molar-refractivity contribution in [3.05, 3.63) is 39.3 Å². The van der Waals surface area contributed by atoms with E-state index in [0.717, 1.165) is 5.69 Å². The largest absolute Gasteiger partial charge is 0.490 e. The molecule has 0 bridgehead atoms. The van der Waals surface area contributed by atoms with E-state index in [-0.39, 0.29) is 5.15 Å². The summed E-state index contributed by atoms with van der Waals surface area (Å²) in [7, 11) is 1.53. The molecule has 1 N–H and O–H groups in total. The van der Waals surface area contributed by atoms with Crippen molar-refractivity contribution in [3.63, 3.8) is 0 Å². The van der Waals surface area contributed by atoms with E-state index < -0.39 is 0 Å². The predicted molar refractivity (Wildman–Crippen MR) is 76.0 cm³/mol. The number of nitrogens with zero attached hydrogens (tertiary/aromatic N) is 2. The maximum absolute atomic E-state index is 5.90. The third kappa shape index (κ3) is 2.98. The van der Waals surface area contributed by atoms with Crippen LogP contribution >= 0.6 is 34.2 Å². The van der Waals surface area contributed by atoms with E-state index in [1.165, 1.54) is 17.0 Å². The second kappa shape index (κ2) is 5.50. The van der Waals surface area contributed by atoms with Crippen LogP contribution in [0.4, 0.5) is 11.5 Å². The first-order valence-electron chi connectivity index (χ1n) is 4.78. The first-order chi connectivity index (χ1) is 8.20. The summed E-state index contributed by atoms with van der Waals surface area (Å²) in [4.78, 5) is 7.95. The van der Waals surface area contributed by atoms with Gasteiger partial charge in [0.05, 0.1) is 7.11 Å². The fraction of sp³-hybridized carbons (Fsp3) is 0.0909. The van der Waals surface area contributed by atoms with Crippen LogP contribution in [0, 0.1) is 3.57 Å². The summed E-state index contributed by atoms with van der Waals surface area (Å²) >= 11 is 8.15. The van der Waals surface area contributed by atoms with Crippen molar-refractivity contribution in [3.8, 4) is 5.75 Å². The van der Waals surface area contributed by atoms with E-state index >= 15 is 0 Å². The van der Waals surface area contributed by atoms with E-state index in [1.807, 2.05) is 24.3 Å². The molecular formula is C11H9ClIN3O. The summed E-state index contributed by atoms with van der Waals surface area (Å²) in [5.74, 6) is 0.987. The minimum Gasteiger partial charge on any atom is -0.490 e. The smallest absolute Gasteiger partial charge is 0.199 e. The van der Waals surface area contributed by atoms with Crippen LogP contribution in [-0.4, -0.2) is 17.1 Å². The minimum atomic E-state index is 0.288. The summed E-state index contributed by atoms with van der Waals surface area (Å²) < 4.78 is 6.32. The monoisotopic (exact) mass is 361 g/mol. The zero-order chi connectivity index (χ0) is 12.3. The summed E-state index contributed by atoms with van der Waals surface area (Å²) in [6.07, 6.45) is 1.39. The molecule has 0 aliphatic heterocycles. The van der Waals surface area contributed by atoms with Crippen molar-refractivity contribution in [1.29, 1.82) is 0 Å². The summed E-state index contributed by atoms with van der Waals surface area (Å²) in [5.41, 5.74) is 0.915. The third-order valence-electron chi connectivity index (χ3n) is 2.07. The molecule has 0 radical (unpaired) electrons. The lowest BCUT2D eigenvalue weighted by Crippen LogP contribution is -1.99. The van der Waals surface area contributed by atoms with E-state index in [2.05, 4.69) is 37.9 Å². The number of hydrogen-bond acceptors (Lipinski definition) is 4. The topological polar surface area (TPSA) is 47.0 Å². The van der Waals surface area contributed by atoms with Crippen LogP contribution in [0.25, 0.3) is 0 Å². The van der Waals surface area contributed by atoms with Gasteiger partial charge in [-0.2, -0.15) is 0 Å². The Kier molecular flexibility index (Phi) is 4.01. The van der Waals surface area contributed by atoms with Gasteiger partial charge in [0.2, 0.25) is 0 Å². The molecule has 17 heavy (non-hydrogen) atoms. The Hall–Kier alpha value is -1.08. The molecule has 88 valence electrons. The van der Waals surface area contributed by atoms with E-state index in [9.17, 15) is 0 Å². The second-order valence-corrected chi connectivity index (χ2v) is 4.78. The minimum absolute atomic E-state index is 0.288. The van der Waals surface area contributed by atoms with Crippen LogP contribution < -0.4 is 10.1 Å². The molecule has 1 aromatic carbocycles. The first-order valence-corrected chi connectivity index (χ1v) is 6.23. The van der Waals surface area contributed by atoms with Crippen molar-refractivity contribution in [1.82, 2.24) is 9.97 Å². The van der Waals surface area contributed by atoms with Crippen molar-refractivity contribution >= 4 is 45.7 Å². The molecule has 0 unspecified atom stereocenters. The molecule has 0 amide bonds. The molecule has 0 spiro atoms. The summed E-state index contributed by atoms with van der Waals surface area (Å²) in [6, 6.07) is 7.91. The Balaban J connectivity index is 2.29. The number of rotatable bonds is 3. The average Bonchev–Trinajstić information content (AvgIpc) is 2.32. The molecule has 6 heteroatoms. The molecule has 1 aromatic heterocycles. The van der Waals surface area contributed by atoms with Crippen molar-refractivity contribution in [2.45, 2.75) is 0 Å². The zero-order valence-corrected chi connectivity index (χ0v) is 11.9. The molecule has 0 saturated carbocycles. The van der Waals surface area contributed by atoms with Gasteiger partial charge in [-0.3, -0.25) is 0 Å². The van der Waals surface area contributed by atoms with Crippen LogP contribution in [0.3, 0.4) is 0 Å². The van der Waals surface area contributed by atoms with Crippen LogP contribution in [0.5, 0.6) is 5.75 Å². The second-order valence-electron chi connectivity index (χ2n) is 3.18. The highest BCUT2D eigenvalue weighted by atomic mass is 127. The van der Waals surface area contributed by atoms with Gasteiger partial charge in [0.1, 0.15) is 6.33 Å². The van der Waals surface area contributed by atoms with Gasteiger partial charge in [-0.15, -0.1) is 0 Å². The highest BCUT2D eigenvalue weighted by Gasteiger charge is 2.10. The van der Waals surface area contributed by atoms with Gasteiger partial charge in [-0.1, -0.05) is 11.6 Å². The molecule has 4 nitrogen and oxygen atoms in total. The molecular weight excluding hydrogens is 352 g/mol. The standard InChI is InChI=1S/C11H9ClIN3O/c1-17-9-10(12)14-6-15-11(9)16-8-4-2-7(13)3-5-8/h2-6H,1H3,(H,14,15,16). The predicted octanol–water partition coefficient (Wildman–Crippen LogP) is 3.49. The Morgan fingerprint density at radius 1 is 1.24 bits per heavy atom. The molecule has 2 aromatic rings. The van der Waals surface area contributed by atoms with E-state index in [0.29, 0.717) is 11.6 Å². The number of halogens is 2. The molecule has 1 heterocycles. The van der Waals surface area contributed by atoms with Crippen LogP contribution in [-0.2, 0) is 0 Å². The quantitative estimate of drug-likeness (QED) is 0.671. The number of ether oxygens (including phenoxy) is 1. The zero-order valence-electron chi connectivity index (χ0n) is 8.95. The number of nitrogens with one attached hydrogen (secondary N) is 1. The third-order valence-corrected chi connectivity index (χ3v) is 3.06. The molecule has 2 rings (SSSR count). The maximum atomic E-state index is 5.90. The van der Waals surface area contributed by atoms with Gasteiger partial charge in [-0.25, -0.2) is 9.97 Å². The van der Waals surface area contributed by atoms with Crippen LogP contribution in [0.2, 0.25) is 5.15 Å². The lowest BCUT2D eigenvalue weighted by atomic mass is 10.3. The number of aromatic nitrogens is 2. The van der Waals surface area contributed by atoms with Crippen LogP contribution in [0.15, 0.2) is 30.6 Å².